The first-order valence-corrected chi connectivity index (χ1v) is 4.36. The molecule has 2 N–H and O–H groups in total. The van der Waals surface area contributed by atoms with E-state index in [1.54, 1.807) is 20.8 Å². The lowest BCUT2D eigenvalue weighted by molar-refractivity contribution is -0.169. The molecule has 4 nitrogen and oxygen atoms in total. The molecule has 0 aromatic rings. The van der Waals surface area contributed by atoms with E-state index in [4.69, 9.17) is 10.2 Å². The highest BCUT2D eigenvalue weighted by atomic mass is 24.3. The average molecular weight is 215 g/mol. The van der Waals surface area contributed by atoms with Crippen LogP contribution in [0, 0.1) is 11.3 Å². The second-order valence-corrected chi connectivity index (χ2v) is 3.49. The van der Waals surface area contributed by atoms with E-state index in [0.717, 1.165) is 0 Å². The molecule has 0 aliphatic heterocycles. The van der Waals surface area contributed by atoms with Crippen LogP contribution in [-0.4, -0.2) is 45.2 Å². The summed E-state index contributed by atoms with van der Waals surface area (Å²) in [7, 11) is 0. The SMILES string of the molecule is CCCC(C(=O)O)(C(=O)O)C(C)C.[MgH2]. The summed E-state index contributed by atoms with van der Waals surface area (Å²) in [6.07, 6.45) is 0.728. The van der Waals surface area contributed by atoms with Gasteiger partial charge in [0.25, 0.3) is 0 Å². The van der Waals surface area contributed by atoms with Crippen LogP contribution in [0.2, 0.25) is 0 Å². The lowest BCUT2D eigenvalue weighted by Crippen LogP contribution is -2.43. The summed E-state index contributed by atoms with van der Waals surface area (Å²) in [5.41, 5.74) is -1.62. The minimum absolute atomic E-state index is 0. The number of hydrogen-bond acceptors (Lipinski definition) is 2. The maximum Gasteiger partial charge on any atom is 0.321 e. The Hall–Kier alpha value is -0.294. The van der Waals surface area contributed by atoms with Gasteiger partial charge < -0.3 is 10.2 Å². The van der Waals surface area contributed by atoms with Crippen molar-refractivity contribution in [2.45, 2.75) is 33.6 Å². The Morgan fingerprint density at radius 2 is 1.57 bits per heavy atom. The first-order chi connectivity index (χ1) is 5.89. The van der Waals surface area contributed by atoms with Crippen molar-refractivity contribution in [3.05, 3.63) is 0 Å². The van der Waals surface area contributed by atoms with Gasteiger partial charge in [-0.3, -0.25) is 9.59 Å². The van der Waals surface area contributed by atoms with Gasteiger partial charge in [-0.25, -0.2) is 0 Å². The summed E-state index contributed by atoms with van der Waals surface area (Å²) in [4.78, 5) is 21.8. The molecule has 0 aromatic heterocycles. The molecule has 0 saturated carbocycles. The summed E-state index contributed by atoms with van der Waals surface area (Å²) in [5.74, 6) is -2.88. The van der Waals surface area contributed by atoms with E-state index in [0.29, 0.717) is 6.42 Å². The largest absolute Gasteiger partial charge is 0.480 e. The lowest BCUT2D eigenvalue weighted by Gasteiger charge is -2.28. The van der Waals surface area contributed by atoms with Crippen molar-refractivity contribution in [2.24, 2.45) is 11.3 Å². The zero-order valence-corrected chi connectivity index (χ0v) is 8.20. The highest BCUT2D eigenvalue weighted by Crippen LogP contribution is 2.33. The monoisotopic (exact) mass is 214 g/mol. The van der Waals surface area contributed by atoms with Crippen LogP contribution in [0.4, 0.5) is 0 Å². The van der Waals surface area contributed by atoms with Gasteiger partial charge >= 0.3 is 35.0 Å². The summed E-state index contributed by atoms with van der Waals surface area (Å²) in [6.45, 7) is 5.03. The number of carboxylic acid groups (broad SMARTS) is 2. The van der Waals surface area contributed by atoms with E-state index in [-0.39, 0.29) is 29.5 Å². The molecule has 0 bridgehead atoms. The predicted molar refractivity (Wildman–Crippen MR) is 56.0 cm³/mol. The molecular formula is C9H18MgO4. The zero-order valence-electron chi connectivity index (χ0n) is 8.20. The van der Waals surface area contributed by atoms with Crippen molar-refractivity contribution in [3.8, 4) is 0 Å². The van der Waals surface area contributed by atoms with E-state index in [2.05, 4.69) is 0 Å². The van der Waals surface area contributed by atoms with Crippen LogP contribution in [-0.2, 0) is 9.59 Å². The maximum atomic E-state index is 10.9. The summed E-state index contributed by atoms with van der Waals surface area (Å²) < 4.78 is 0. The van der Waals surface area contributed by atoms with Gasteiger partial charge in [0.1, 0.15) is 0 Å². The van der Waals surface area contributed by atoms with Crippen LogP contribution >= 0.6 is 0 Å². The molecule has 0 amide bonds. The molecule has 0 aliphatic carbocycles. The Balaban J connectivity index is 0. The summed E-state index contributed by atoms with van der Waals surface area (Å²) in [5, 5.41) is 17.8. The fourth-order valence-electron chi connectivity index (χ4n) is 1.48. The van der Waals surface area contributed by atoms with Crippen molar-refractivity contribution < 1.29 is 19.8 Å². The van der Waals surface area contributed by atoms with E-state index in [1.165, 1.54) is 0 Å². The van der Waals surface area contributed by atoms with Crippen LogP contribution in [0.3, 0.4) is 0 Å². The summed E-state index contributed by atoms with van der Waals surface area (Å²) in [6, 6.07) is 0. The normalized spacial score (nSPS) is 10.9. The van der Waals surface area contributed by atoms with Crippen molar-refractivity contribution >= 4 is 35.0 Å². The zero-order chi connectivity index (χ0) is 10.6. The number of carboxylic acids is 2. The Kier molecular flexibility index (Phi) is 7.20. The molecule has 0 aromatic carbocycles. The van der Waals surface area contributed by atoms with E-state index >= 15 is 0 Å². The Morgan fingerprint density at radius 1 is 1.21 bits per heavy atom. The lowest BCUT2D eigenvalue weighted by atomic mass is 9.74. The smallest absolute Gasteiger partial charge is 0.321 e. The first-order valence-electron chi connectivity index (χ1n) is 4.36. The molecule has 0 atom stereocenters. The van der Waals surface area contributed by atoms with E-state index in [1.807, 2.05) is 0 Å². The maximum absolute atomic E-state index is 10.9. The van der Waals surface area contributed by atoms with Gasteiger partial charge in [0.15, 0.2) is 5.41 Å². The van der Waals surface area contributed by atoms with Crippen LogP contribution < -0.4 is 0 Å². The molecule has 80 valence electrons. The van der Waals surface area contributed by atoms with Crippen molar-refractivity contribution in [1.29, 1.82) is 0 Å². The van der Waals surface area contributed by atoms with Crippen LogP contribution in [0.15, 0.2) is 0 Å². The second kappa shape index (κ2) is 6.24. The van der Waals surface area contributed by atoms with Crippen molar-refractivity contribution in [3.63, 3.8) is 0 Å². The van der Waals surface area contributed by atoms with E-state index in [9.17, 15) is 9.59 Å². The third-order valence-corrected chi connectivity index (χ3v) is 2.39. The molecular weight excluding hydrogens is 196 g/mol. The van der Waals surface area contributed by atoms with Crippen LogP contribution in [0.1, 0.15) is 33.6 Å². The number of hydrogen-bond donors (Lipinski definition) is 2. The number of rotatable bonds is 5. The van der Waals surface area contributed by atoms with Crippen molar-refractivity contribution in [1.82, 2.24) is 0 Å². The van der Waals surface area contributed by atoms with Crippen LogP contribution in [0.25, 0.3) is 0 Å². The highest BCUT2D eigenvalue weighted by molar-refractivity contribution is 5.98. The molecule has 14 heavy (non-hydrogen) atoms. The molecule has 0 unspecified atom stereocenters. The van der Waals surface area contributed by atoms with E-state index < -0.39 is 23.3 Å². The van der Waals surface area contributed by atoms with Gasteiger partial charge in [-0.1, -0.05) is 27.2 Å². The van der Waals surface area contributed by atoms with Gasteiger partial charge in [0, 0.05) is 0 Å². The number of carbonyl (C=O) groups is 2. The quantitative estimate of drug-likeness (QED) is 0.521. The average Bonchev–Trinajstić information content (AvgIpc) is 1.97. The van der Waals surface area contributed by atoms with Gasteiger partial charge in [0.2, 0.25) is 0 Å². The molecule has 0 aliphatic rings. The standard InChI is InChI=1S/C9H16O4.Mg.2H/c1-4-5-9(6(2)3,7(10)11)8(12)13;;;/h6H,4-5H2,1-3H3,(H,10,11)(H,12,13);;;. The topological polar surface area (TPSA) is 74.6 Å². The van der Waals surface area contributed by atoms with Gasteiger partial charge in [0.05, 0.1) is 0 Å². The fourth-order valence-corrected chi connectivity index (χ4v) is 1.48. The molecule has 0 saturated heterocycles. The Labute approximate surface area is 99.8 Å². The molecule has 0 spiro atoms. The third-order valence-electron chi connectivity index (χ3n) is 2.39. The molecule has 5 heteroatoms. The molecule has 0 fully saturated rings. The molecule has 0 rings (SSSR count). The third kappa shape index (κ3) is 2.85. The Bertz CT molecular complexity index is 199. The Morgan fingerprint density at radius 3 is 1.64 bits per heavy atom. The minimum Gasteiger partial charge on any atom is -0.480 e. The molecule has 0 heterocycles. The predicted octanol–water partition coefficient (Wildman–Crippen LogP) is 0.682. The summed E-state index contributed by atoms with van der Waals surface area (Å²) >= 11 is 0. The number of aliphatic carboxylic acids is 2. The first kappa shape index (κ1) is 16.1. The van der Waals surface area contributed by atoms with Gasteiger partial charge in [-0.05, 0) is 12.3 Å². The van der Waals surface area contributed by atoms with Crippen LogP contribution in [0.5, 0.6) is 0 Å². The van der Waals surface area contributed by atoms with Gasteiger partial charge in [-0.2, -0.15) is 0 Å². The second-order valence-electron chi connectivity index (χ2n) is 3.49. The fraction of sp³-hybridized carbons (Fsp3) is 0.778. The van der Waals surface area contributed by atoms with Gasteiger partial charge in [-0.15, -0.1) is 0 Å². The minimum atomic E-state index is -1.62. The molecule has 0 radical (unpaired) electrons. The highest BCUT2D eigenvalue weighted by Gasteiger charge is 2.48. The van der Waals surface area contributed by atoms with Crippen molar-refractivity contribution in [2.75, 3.05) is 0 Å².